The fraction of sp³-hybridized carbons (Fsp3) is 0.400. The number of alkyl halides is 3. The number of esters is 1. The number of aryl methyl sites for hydroxylation is 1. The maximum Gasteiger partial charge on any atom is 0.417 e. The number of rotatable bonds is 3. The molecule has 1 saturated carbocycles. The zero-order valence-corrected chi connectivity index (χ0v) is 12.5. The summed E-state index contributed by atoms with van der Waals surface area (Å²) >= 11 is 0. The van der Waals surface area contributed by atoms with Gasteiger partial charge in [0.15, 0.2) is 5.69 Å². The van der Waals surface area contributed by atoms with E-state index in [1.165, 1.54) is 31.1 Å². The maximum absolute atomic E-state index is 13.4. The van der Waals surface area contributed by atoms with Gasteiger partial charge in [-0.25, -0.2) is 4.79 Å². The highest BCUT2D eigenvalue weighted by atomic mass is 19.4. The number of halogens is 3. The van der Waals surface area contributed by atoms with Gasteiger partial charge in [0.2, 0.25) is 0 Å². The Hall–Kier alpha value is -2.38. The molecule has 23 heavy (non-hydrogen) atoms. The van der Waals surface area contributed by atoms with Gasteiger partial charge in [-0.15, -0.1) is 0 Å². The predicted octanol–water partition coefficient (Wildman–Crippen LogP) is 3.16. The molecule has 0 unspecified atom stereocenters. The summed E-state index contributed by atoms with van der Waals surface area (Å²) in [6, 6.07) is 2.37. The number of hydrogen-bond acceptors (Lipinski definition) is 4. The molecule has 0 spiro atoms. The summed E-state index contributed by atoms with van der Waals surface area (Å²) < 4.78 is 46.0. The normalized spacial score (nSPS) is 14.8. The molecular formula is C15H14F3N3O2. The van der Waals surface area contributed by atoms with Gasteiger partial charge < -0.3 is 4.74 Å². The Balaban J connectivity index is 2.12. The van der Waals surface area contributed by atoms with Gasteiger partial charge in [0.1, 0.15) is 0 Å². The zero-order valence-electron chi connectivity index (χ0n) is 12.5. The molecule has 3 rings (SSSR count). The fourth-order valence-corrected chi connectivity index (χ4v) is 2.44. The van der Waals surface area contributed by atoms with Crippen LogP contribution >= 0.6 is 0 Å². The monoisotopic (exact) mass is 325 g/mol. The first-order chi connectivity index (χ1) is 10.8. The average molecular weight is 325 g/mol. The molecule has 2 aromatic heterocycles. The number of pyridine rings is 1. The van der Waals surface area contributed by atoms with E-state index in [1.54, 1.807) is 0 Å². The first-order valence-electron chi connectivity index (χ1n) is 7.01. The largest absolute Gasteiger partial charge is 0.464 e. The second-order valence-corrected chi connectivity index (χ2v) is 5.46. The lowest BCUT2D eigenvalue weighted by Gasteiger charge is -2.14. The summed E-state index contributed by atoms with van der Waals surface area (Å²) in [5, 5.41) is 3.90. The van der Waals surface area contributed by atoms with Crippen molar-refractivity contribution in [3.63, 3.8) is 0 Å². The molecule has 122 valence electrons. The Morgan fingerprint density at radius 2 is 2.04 bits per heavy atom. The minimum Gasteiger partial charge on any atom is -0.464 e. The Kier molecular flexibility index (Phi) is 3.62. The van der Waals surface area contributed by atoms with Crippen molar-refractivity contribution in [1.29, 1.82) is 0 Å². The standard InChI is InChI=1S/C15H14F3N3O2/c1-21-13(6-12(20-21)14(22)23-2)9-7-19-11(8-3-4-8)5-10(9)15(16,17)18/h5-8H,3-4H2,1-2H3. The van der Waals surface area contributed by atoms with E-state index in [1.807, 2.05) is 0 Å². The number of ether oxygens (including phenoxy) is 1. The van der Waals surface area contributed by atoms with Crippen molar-refractivity contribution < 1.29 is 22.7 Å². The van der Waals surface area contributed by atoms with Gasteiger partial charge in [-0.3, -0.25) is 9.67 Å². The van der Waals surface area contributed by atoms with Crippen LogP contribution < -0.4 is 0 Å². The summed E-state index contributed by atoms with van der Waals surface area (Å²) in [5.74, 6) is -0.592. The molecule has 1 aliphatic rings. The highest BCUT2D eigenvalue weighted by Gasteiger charge is 2.37. The van der Waals surface area contributed by atoms with Crippen molar-refractivity contribution in [1.82, 2.24) is 14.8 Å². The summed E-state index contributed by atoms with van der Waals surface area (Å²) in [6.07, 6.45) is -1.59. The predicted molar refractivity (Wildman–Crippen MR) is 74.8 cm³/mol. The van der Waals surface area contributed by atoms with Crippen molar-refractivity contribution in [2.75, 3.05) is 7.11 Å². The van der Waals surface area contributed by atoms with Crippen LogP contribution in [0.3, 0.4) is 0 Å². The second-order valence-electron chi connectivity index (χ2n) is 5.46. The summed E-state index contributed by atoms with van der Waals surface area (Å²) in [6.45, 7) is 0. The molecule has 0 radical (unpaired) electrons. The van der Waals surface area contributed by atoms with E-state index in [9.17, 15) is 18.0 Å². The highest BCUT2D eigenvalue weighted by Crippen LogP contribution is 2.43. The number of methoxy groups -OCH3 is 1. The zero-order chi connectivity index (χ0) is 16.8. The molecule has 8 heteroatoms. The van der Waals surface area contributed by atoms with E-state index in [0.717, 1.165) is 18.9 Å². The van der Waals surface area contributed by atoms with Crippen LogP contribution in [0.2, 0.25) is 0 Å². The van der Waals surface area contributed by atoms with Crippen LogP contribution in [0.5, 0.6) is 0 Å². The van der Waals surface area contributed by atoms with Gasteiger partial charge in [-0.05, 0) is 25.0 Å². The SMILES string of the molecule is COC(=O)c1cc(-c2cnc(C3CC3)cc2C(F)(F)F)n(C)n1. The maximum atomic E-state index is 13.4. The molecule has 0 aromatic carbocycles. The van der Waals surface area contributed by atoms with Crippen molar-refractivity contribution in [3.8, 4) is 11.3 Å². The number of aromatic nitrogens is 3. The third-order valence-electron chi connectivity index (χ3n) is 3.78. The first kappa shape index (κ1) is 15.5. The second kappa shape index (κ2) is 5.36. The quantitative estimate of drug-likeness (QED) is 0.814. The van der Waals surface area contributed by atoms with E-state index in [4.69, 9.17) is 0 Å². The van der Waals surface area contributed by atoms with Crippen LogP contribution in [0.15, 0.2) is 18.3 Å². The van der Waals surface area contributed by atoms with Gasteiger partial charge in [-0.1, -0.05) is 0 Å². The third-order valence-corrected chi connectivity index (χ3v) is 3.78. The lowest BCUT2D eigenvalue weighted by molar-refractivity contribution is -0.137. The Bertz CT molecular complexity index is 764. The van der Waals surface area contributed by atoms with Gasteiger partial charge in [0.25, 0.3) is 0 Å². The molecule has 1 aliphatic carbocycles. The lowest BCUT2D eigenvalue weighted by Crippen LogP contribution is -2.10. The van der Waals surface area contributed by atoms with Crippen molar-refractivity contribution >= 4 is 5.97 Å². The summed E-state index contributed by atoms with van der Waals surface area (Å²) in [4.78, 5) is 15.7. The van der Waals surface area contributed by atoms with Crippen LogP contribution in [-0.2, 0) is 18.0 Å². The molecule has 2 heterocycles. The topological polar surface area (TPSA) is 57.0 Å². The molecule has 1 fully saturated rings. The van der Waals surface area contributed by atoms with Crippen LogP contribution in [-0.4, -0.2) is 27.8 Å². The molecule has 0 atom stereocenters. The van der Waals surface area contributed by atoms with E-state index in [-0.39, 0.29) is 22.9 Å². The molecule has 0 bridgehead atoms. The molecular weight excluding hydrogens is 311 g/mol. The number of carbonyl (C=O) groups is 1. The van der Waals surface area contributed by atoms with Crippen molar-refractivity contribution in [2.24, 2.45) is 7.05 Å². The Morgan fingerprint density at radius 1 is 1.35 bits per heavy atom. The molecule has 2 aromatic rings. The average Bonchev–Trinajstić information content (AvgIpc) is 3.28. The van der Waals surface area contributed by atoms with Crippen molar-refractivity contribution in [3.05, 3.63) is 35.3 Å². The van der Waals surface area contributed by atoms with E-state index < -0.39 is 17.7 Å². The van der Waals surface area contributed by atoms with E-state index >= 15 is 0 Å². The van der Waals surface area contributed by atoms with Crippen LogP contribution in [0.25, 0.3) is 11.3 Å². The Labute approximate surface area is 130 Å². The van der Waals surface area contributed by atoms with E-state index in [2.05, 4.69) is 14.8 Å². The lowest BCUT2D eigenvalue weighted by atomic mass is 10.0. The third kappa shape index (κ3) is 2.93. The molecule has 5 nitrogen and oxygen atoms in total. The van der Waals surface area contributed by atoms with Crippen LogP contribution in [0.1, 0.15) is 40.5 Å². The smallest absolute Gasteiger partial charge is 0.417 e. The minimum atomic E-state index is -4.52. The van der Waals surface area contributed by atoms with Crippen LogP contribution in [0.4, 0.5) is 13.2 Å². The summed E-state index contributed by atoms with van der Waals surface area (Å²) in [7, 11) is 2.65. The highest BCUT2D eigenvalue weighted by molar-refractivity contribution is 5.88. The number of carbonyl (C=O) groups excluding carboxylic acids is 1. The van der Waals surface area contributed by atoms with Gasteiger partial charge in [-0.2, -0.15) is 18.3 Å². The molecule has 0 N–H and O–H groups in total. The van der Waals surface area contributed by atoms with E-state index in [0.29, 0.717) is 5.69 Å². The molecule has 0 saturated heterocycles. The summed E-state index contributed by atoms with van der Waals surface area (Å²) in [5.41, 5.74) is -0.311. The number of hydrogen-bond donors (Lipinski definition) is 0. The first-order valence-corrected chi connectivity index (χ1v) is 7.01. The van der Waals surface area contributed by atoms with Gasteiger partial charge in [0.05, 0.1) is 18.4 Å². The van der Waals surface area contributed by atoms with Crippen molar-refractivity contribution in [2.45, 2.75) is 24.9 Å². The fourth-order valence-electron chi connectivity index (χ4n) is 2.44. The van der Waals surface area contributed by atoms with Crippen LogP contribution in [0, 0.1) is 0 Å². The van der Waals surface area contributed by atoms with Gasteiger partial charge in [0, 0.05) is 30.4 Å². The molecule has 0 aliphatic heterocycles. The minimum absolute atomic E-state index is 0.0515. The van der Waals surface area contributed by atoms with Gasteiger partial charge >= 0.3 is 12.1 Å². The Morgan fingerprint density at radius 3 is 2.61 bits per heavy atom. The number of nitrogens with zero attached hydrogens (tertiary/aromatic N) is 3. The molecule has 0 amide bonds.